The minimum Gasteiger partial charge on any atom is -0.328 e. The van der Waals surface area contributed by atoms with E-state index < -0.39 is 0 Å². The van der Waals surface area contributed by atoms with E-state index in [-0.39, 0.29) is 11.9 Å². The number of piperidine rings is 1. The molecule has 1 amide bonds. The van der Waals surface area contributed by atoms with Gasteiger partial charge in [-0.25, -0.2) is 9.67 Å². The number of benzene rings is 1. The zero-order valence-electron chi connectivity index (χ0n) is 14.1. The SMILES string of the molecule is Cc1ccnn1-c1ccc(C(=O)N2CCCCC2c2ncn[nH]2)cc1. The van der Waals surface area contributed by atoms with Crippen LogP contribution in [0.4, 0.5) is 0 Å². The minimum atomic E-state index is -0.0308. The number of carbonyl (C=O) groups excluding carboxylic acids is 1. The number of carbonyl (C=O) groups is 1. The van der Waals surface area contributed by atoms with Crippen molar-refractivity contribution >= 4 is 5.91 Å². The first kappa shape index (κ1) is 15.6. The fourth-order valence-corrected chi connectivity index (χ4v) is 3.39. The first-order chi connectivity index (χ1) is 12.2. The molecule has 0 spiro atoms. The van der Waals surface area contributed by atoms with E-state index in [0.29, 0.717) is 5.56 Å². The summed E-state index contributed by atoms with van der Waals surface area (Å²) in [5.41, 5.74) is 2.69. The number of hydrogen-bond acceptors (Lipinski definition) is 4. The second-order valence-corrected chi connectivity index (χ2v) is 6.31. The molecule has 1 aromatic carbocycles. The fraction of sp³-hybridized carbons (Fsp3) is 0.333. The van der Waals surface area contributed by atoms with Gasteiger partial charge in [0.1, 0.15) is 12.2 Å². The molecule has 0 radical (unpaired) electrons. The lowest BCUT2D eigenvalue weighted by Gasteiger charge is -2.34. The number of aromatic amines is 1. The quantitative estimate of drug-likeness (QED) is 0.797. The number of rotatable bonds is 3. The summed E-state index contributed by atoms with van der Waals surface area (Å²) in [6, 6.07) is 9.52. The Morgan fingerprint density at radius 3 is 2.72 bits per heavy atom. The van der Waals surface area contributed by atoms with Gasteiger partial charge in [-0.3, -0.25) is 9.89 Å². The molecule has 25 heavy (non-hydrogen) atoms. The molecule has 2 aromatic heterocycles. The van der Waals surface area contributed by atoms with E-state index >= 15 is 0 Å². The molecule has 1 fully saturated rings. The summed E-state index contributed by atoms with van der Waals surface area (Å²) in [7, 11) is 0. The number of H-pyrrole nitrogens is 1. The van der Waals surface area contributed by atoms with E-state index in [1.807, 2.05) is 46.8 Å². The van der Waals surface area contributed by atoms with Gasteiger partial charge in [0.05, 0.1) is 11.7 Å². The minimum absolute atomic E-state index is 0.0308. The van der Waals surface area contributed by atoms with Crippen LogP contribution >= 0.6 is 0 Å². The molecule has 0 aliphatic carbocycles. The highest BCUT2D eigenvalue weighted by atomic mass is 16.2. The van der Waals surface area contributed by atoms with E-state index in [2.05, 4.69) is 20.3 Å². The molecule has 4 rings (SSSR count). The van der Waals surface area contributed by atoms with Gasteiger partial charge >= 0.3 is 0 Å². The van der Waals surface area contributed by atoms with E-state index in [9.17, 15) is 4.79 Å². The number of aromatic nitrogens is 5. The van der Waals surface area contributed by atoms with Gasteiger partial charge < -0.3 is 4.90 Å². The van der Waals surface area contributed by atoms with Crippen molar-refractivity contribution in [3.63, 3.8) is 0 Å². The van der Waals surface area contributed by atoms with Crippen molar-refractivity contribution in [2.75, 3.05) is 6.54 Å². The van der Waals surface area contributed by atoms with Crippen LogP contribution in [0.3, 0.4) is 0 Å². The summed E-state index contributed by atoms with van der Waals surface area (Å²) in [4.78, 5) is 19.2. The standard InChI is InChI=1S/C18H20N6O/c1-13-9-10-21-24(13)15-7-5-14(6-8-15)18(25)23-11-3-2-4-16(23)17-19-12-20-22-17/h5-10,12,16H,2-4,11H2,1H3,(H,19,20,22). The highest BCUT2D eigenvalue weighted by Crippen LogP contribution is 2.30. The molecule has 3 heterocycles. The van der Waals surface area contributed by atoms with Crippen LogP contribution in [0.15, 0.2) is 42.9 Å². The van der Waals surface area contributed by atoms with Gasteiger partial charge in [0, 0.05) is 24.0 Å². The summed E-state index contributed by atoms with van der Waals surface area (Å²) in [6.45, 7) is 2.74. The Kier molecular flexibility index (Phi) is 4.05. The number of aryl methyl sites for hydroxylation is 1. The Balaban J connectivity index is 1.58. The highest BCUT2D eigenvalue weighted by Gasteiger charge is 2.30. The second kappa shape index (κ2) is 6.51. The van der Waals surface area contributed by atoms with Crippen molar-refractivity contribution in [2.45, 2.75) is 32.2 Å². The monoisotopic (exact) mass is 336 g/mol. The molecule has 3 aromatic rings. The Hall–Kier alpha value is -2.96. The van der Waals surface area contributed by atoms with E-state index in [1.165, 1.54) is 6.33 Å². The molecule has 128 valence electrons. The normalized spacial score (nSPS) is 17.6. The lowest BCUT2D eigenvalue weighted by atomic mass is 10.00. The molecule has 1 atom stereocenters. The van der Waals surface area contributed by atoms with Crippen LogP contribution in [0.5, 0.6) is 0 Å². The molecule has 7 heteroatoms. The summed E-state index contributed by atoms with van der Waals surface area (Å²) in [5, 5.41) is 11.1. The summed E-state index contributed by atoms with van der Waals surface area (Å²) >= 11 is 0. The maximum Gasteiger partial charge on any atom is 0.254 e. The Morgan fingerprint density at radius 2 is 2.04 bits per heavy atom. The third-order valence-corrected chi connectivity index (χ3v) is 4.70. The Labute approximate surface area is 145 Å². The van der Waals surface area contributed by atoms with Crippen molar-refractivity contribution in [3.05, 3.63) is 59.9 Å². The maximum atomic E-state index is 13.0. The molecule has 0 bridgehead atoms. The molecule has 1 aliphatic heterocycles. The molecule has 0 saturated carbocycles. The van der Waals surface area contributed by atoms with Crippen LogP contribution in [0, 0.1) is 6.92 Å². The van der Waals surface area contributed by atoms with Crippen LogP contribution in [-0.2, 0) is 0 Å². The highest BCUT2D eigenvalue weighted by molar-refractivity contribution is 5.94. The number of nitrogens with one attached hydrogen (secondary N) is 1. The van der Waals surface area contributed by atoms with Crippen molar-refractivity contribution < 1.29 is 4.79 Å². The Morgan fingerprint density at radius 1 is 1.20 bits per heavy atom. The molecular formula is C18H20N6O. The second-order valence-electron chi connectivity index (χ2n) is 6.31. The summed E-state index contributed by atoms with van der Waals surface area (Å²) < 4.78 is 1.85. The van der Waals surface area contributed by atoms with Crippen LogP contribution in [-0.4, -0.2) is 42.3 Å². The maximum absolute atomic E-state index is 13.0. The fourth-order valence-electron chi connectivity index (χ4n) is 3.39. The van der Waals surface area contributed by atoms with Crippen molar-refractivity contribution in [3.8, 4) is 5.69 Å². The summed E-state index contributed by atoms with van der Waals surface area (Å²) in [5.74, 6) is 0.793. The van der Waals surface area contributed by atoms with Crippen molar-refractivity contribution in [1.29, 1.82) is 0 Å². The molecule has 1 saturated heterocycles. The first-order valence-electron chi connectivity index (χ1n) is 8.51. The predicted octanol–water partition coefficient (Wildman–Crippen LogP) is 2.67. The molecular weight excluding hydrogens is 316 g/mol. The molecule has 1 aliphatic rings. The third-order valence-electron chi connectivity index (χ3n) is 4.70. The average Bonchev–Trinajstić information content (AvgIpc) is 3.33. The molecule has 7 nitrogen and oxygen atoms in total. The van der Waals surface area contributed by atoms with Gasteiger partial charge in [-0.05, 0) is 56.5 Å². The van der Waals surface area contributed by atoms with Gasteiger partial charge in [0.2, 0.25) is 0 Å². The Bertz CT molecular complexity index is 852. The van der Waals surface area contributed by atoms with Crippen molar-refractivity contribution in [2.24, 2.45) is 0 Å². The first-order valence-corrected chi connectivity index (χ1v) is 8.51. The van der Waals surface area contributed by atoms with Gasteiger partial charge in [0.15, 0.2) is 0 Å². The molecule has 1 unspecified atom stereocenters. The third kappa shape index (κ3) is 2.93. The molecule has 1 N–H and O–H groups in total. The van der Waals surface area contributed by atoms with Crippen LogP contribution in [0.1, 0.15) is 47.2 Å². The van der Waals surface area contributed by atoms with Crippen molar-refractivity contribution in [1.82, 2.24) is 29.9 Å². The van der Waals surface area contributed by atoms with Gasteiger partial charge in [-0.2, -0.15) is 10.2 Å². The zero-order chi connectivity index (χ0) is 17.2. The largest absolute Gasteiger partial charge is 0.328 e. The lowest BCUT2D eigenvalue weighted by molar-refractivity contribution is 0.0600. The number of amides is 1. The van der Waals surface area contributed by atoms with Crippen LogP contribution < -0.4 is 0 Å². The topological polar surface area (TPSA) is 79.7 Å². The van der Waals surface area contributed by atoms with Gasteiger partial charge in [-0.15, -0.1) is 0 Å². The average molecular weight is 336 g/mol. The number of hydrogen-bond donors (Lipinski definition) is 1. The number of likely N-dealkylation sites (tertiary alicyclic amines) is 1. The van der Waals surface area contributed by atoms with Gasteiger partial charge in [-0.1, -0.05) is 0 Å². The lowest BCUT2D eigenvalue weighted by Crippen LogP contribution is -2.39. The zero-order valence-corrected chi connectivity index (χ0v) is 14.1. The summed E-state index contributed by atoms with van der Waals surface area (Å²) in [6.07, 6.45) is 6.27. The van der Waals surface area contributed by atoms with Crippen LogP contribution in [0.2, 0.25) is 0 Å². The smallest absolute Gasteiger partial charge is 0.254 e. The van der Waals surface area contributed by atoms with Gasteiger partial charge in [0.25, 0.3) is 5.91 Å². The number of nitrogens with zero attached hydrogens (tertiary/aromatic N) is 5. The predicted molar refractivity (Wildman–Crippen MR) is 92.3 cm³/mol. The van der Waals surface area contributed by atoms with E-state index in [0.717, 1.165) is 43.0 Å². The van der Waals surface area contributed by atoms with E-state index in [4.69, 9.17) is 0 Å². The van der Waals surface area contributed by atoms with E-state index in [1.54, 1.807) is 6.20 Å². The van der Waals surface area contributed by atoms with Crippen LogP contribution in [0.25, 0.3) is 5.69 Å².